The molecule has 1 aromatic rings. The summed E-state index contributed by atoms with van der Waals surface area (Å²) in [5.74, 6) is 0. The third-order valence-corrected chi connectivity index (χ3v) is 4.22. The Morgan fingerprint density at radius 1 is 1.35 bits per heavy atom. The third kappa shape index (κ3) is 5.02. The second kappa shape index (κ2) is 7.36. The Balaban J connectivity index is 2.63. The van der Waals surface area contributed by atoms with Gasteiger partial charge >= 0.3 is 0 Å². The van der Waals surface area contributed by atoms with Gasteiger partial charge < -0.3 is 9.53 Å². The Labute approximate surface area is 135 Å². The van der Waals surface area contributed by atoms with Crippen molar-refractivity contribution in [1.82, 2.24) is 0 Å². The Hall–Kier alpha value is -0.680. The molecule has 0 radical (unpaired) electrons. The number of ether oxygens (including phenoxy) is 1. The fourth-order valence-electron chi connectivity index (χ4n) is 1.95. The Morgan fingerprint density at radius 3 is 2.60 bits per heavy atom. The van der Waals surface area contributed by atoms with Gasteiger partial charge in [-0.15, -0.1) is 6.58 Å². The van der Waals surface area contributed by atoms with Crippen LogP contribution in [0.25, 0.3) is 0 Å². The highest BCUT2D eigenvalue weighted by atomic mass is 127. The van der Waals surface area contributed by atoms with Gasteiger partial charge in [0.2, 0.25) is 0 Å². The van der Waals surface area contributed by atoms with Crippen LogP contribution in [0.3, 0.4) is 0 Å². The molecule has 0 heterocycles. The molecular weight excluding hydrogens is 363 g/mol. The summed E-state index contributed by atoms with van der Waals surface area (Å²) in [5.41, 5.74) is 0.324. The smallest absolute Gasteiger partial charge is 0.130 e. The molecule has 1 aromatic carbocycles. The Morgan fingerprint density at radius 2 is 2.05 bits per heavy atom. The van der Waals surface area contributed by atoms with Crippen molar-refractivity contribution in [3.05, 3.63) is 46.1 Å². The summed E-state index contributed by atoms with van der Waals surface area (Å²) in [6.45, 7) is 10.3. The lowest BCUT2D eigenvalue weighted by Crippen LogP contribution is -2.26. The lowest BCUT2D eigenvalue weighted by molar-refractivity contribution is -0.112. The van der Waals surface area contributed by atoms with Crippen molar-refractivity contribution in [3.8, 4) is 0 Å². The molecule has 0 fully saturated rings. The molecule has 2 nitrogen and oxygen atoms in total. The lowest BCUT2D eigenvalue weighted by atomic mass is 9.80. The highest BCUT2D eigenvalue weighted by molar-refractivity contribution is 14.1. The van der Waals surface area contributed by atoms with Crippen LogP contribution in [-0.4, -0.2) is 18.5 Å². The molecule has 1 rings (SSSR count). The largest absolute Gasteiger partial charge is 0.372 e. The van der Waals surface area contributed by atoms with Gasteiger partial charge in [-0.3, -0.25) is 0 Å². The topological polar surface area (TPSA) is 26.3 Å². The number of hydrogen-bond donors (Lipinski definition) is 0. The normalized spacial score (nSPS) is 14.6. The van der Waals surface area contributed by atoms with Crippen molar-refractivity contribution in [2.24, 2.45) is 0 Å². The van der Waals surface area contributed by atoms with E-state index in [0.717, 1.165) is 28.3 Å². The minimum atomic E-state index is -0.442. The van der Waals surface area contributed by atoms with Crippen LogP contribution in [0.4, 0.5) is 0 Å². The number of benzene rings is 1. The minimum Gasteiger partial charge on any atom is -0.372 e. The van der Waals surface area contributed by atoms with Crippen LogP contribution in [0.2, 0.25) is 0 Å². The predicted octanol–water partition coefficient (Wildman–Crippen LogP) is 4.51. The molecule has 20 heavy (non-hydrogen) atoms. The van der Waals surface area contributed by atoms with Crippen molar-refractivity contribution in [2.45, 2.75) is 44.6 Å². The second-order valence-electron chi connectivity index (χ2n) is 5.81. The van der Waals surface area contributed by atoms with E-state index >= 15 is 0 Å². The van der Waals surface area contributed by atoms with Gasteiger partial charge in [-0.25, -0.2) is 0 Å². The summed E-state index contributed by atoms with van der Waals surface area (Å²) in [5, 5.41) is 0. The zero-order valence-corrected chi connectivity index (χ0v) is 14.6. The molecule has 0 saturated carbocycles. The maximum Gasteiger partial charge on any atom is 0.130 e. The molecule has 0 spiro atoms. The highest BCUT2D eigenvalue weighted by Crippen LogP contribution is 2.28. The predicted molar refractivity (Wildman–Crippen MR) is 92.0 cm³/mol. The van der Waals surface area contributed by atoms with Crippen LogP contribution in [0, 0.1) is 3.57 Å². The summed E-state index contributed by atoms with van der Waals surface area (Å²) < 4.78 is 6.89. The van der Waals surface area contributed by atoms with E-state index in [4.69, 9.17) is 4.74 Å². The fourth-order valence-corrected chi connectivity index (χ4v) is 2.49. The molecule has 3 heteroatoms. The molecule has 0 aliphatic heterocycles. The Kier molecular flexibility index (Phi) is 6.40. The van der Waals surface area contributed by atoms with Gasteiger partial charge in [-0.2, -0.15) is 0 Å². The average Bonchev–Trinajstić information content (AvgIpc) is 2.43. The molecule has 0 N–H and O–H groups in total. The van der Waals surface area contributed by atoms with Crippen molar-refractivity contribution in [3.63, 3.8) is 0 Å². The first-order valence-electron chi connectivity index (χ1n) is 6.83. The van der Waals surface area contributed by atoms with Gasteiger partial charge in [0.15, 0.2) is 0 Å². The summed E-state index contributed by atoms with van der Waals surface area (Å²) in [4.78, 5) is 11.5. The summed E-state index contributed by atoms with van der Waals surface area (Å²) in [6.07, 6.45) is 4.48. The summed E-state index contributed by atoms with van der Waals surface area (Å²) in [6, 6.07) is 8.12. The second-order valence-corrected chi connectivity index (χ2v) is 7.05. The molecule has 0 aliphatic carbocycles. The van der Waals surface area contributed by atoms with E-state index in [1.165, 1.54) is 0 Å². The maximum atomic E-state index is 11.5. The molecule has 0 aliphatic rings. The Bertz CT molecular complexity index is 468. The van der Waals surface area contributed by atoms with Crippen molar-refractivity contribution < 1.29 is 9.53 Å². The van der Waals surface area contributed by atoms with Gasteiger partial charge in [0.1, 0.15) is 6.29 Å². The van der Waals surface area contributed by atoms with Crippen LogP contribution in [0.5, 0.6) is 0 Å². The molecule has 0 aromatic heterocycles. The molecular formula is C17H23IO2. The van der Waals surface area contributed by atoms with Gasteiger partial charge in [-0.05, 0) is 73.9 Å². The molecule has 0 bridgehead atoms. The number of carbonyl (C=O) groups excluding carboxylic acids is 1. The molecule has 0 saturated heterocycles. The van der Waals surface area contributed by atoms with Crippen molar-refractivity contribution >= 4 is 28.9 Å². The summed E-state index contributed by atoms with van der Waals surface area (Å²) >= 11 is 2.27. The zero-order valence-electron chi connectivity index (χ0n) is 12.5. The van der Waals surface area contributed by atoms with E-state index in [2.05, 4.69) is 35.2 Å². The first-order chi connectivity index (χ1) is 9.33. The van der Waals surface area contributed by atoms with E-state index in [0.29, 0.717) is 6.61 Å². The van der Waals surface area contributed by atoms with Gasteiger partial charge in [-0.1, -0.05) is 18.2 Å². The first kappa shape index (κ1) is 17.4. The number of halogens is 1. The van der Waals surface area contributed by atoms with E-state index in [-0.39, 0.29) is 5.60 Å². The quantitative estimate of drug-likeness (QED) is 0.285. The molecule has 0 amide bonds. The van der Waals surface area contributed by atoms with Crippen LogP contribution in [-0.2, 0) is 14.9 Å². The van der Waals surface area contributed by atoms with Crippen molar-refractivity contribution in [2.75, 3.05) is 6.61 Å². The maximum absolute atomic E-state index is 11.5. The number of rotatable bonds is 8. The fraction of sp³-hybridized carbons (Fsp3) is 0.471. The monoisotopic (exact) mass is 386 g/mol. The van der Waals surface area contributed by atoms with E-state index in [9.17, 15) is 4.79 Å². The van der Waals surface area contributed by atoms with E-state index in [1.54, 1.807) is 6.08 Å². The van der Waals surface area contributed by atoms with Gasteiger partial charge in [0, 0.05) is 15.6 Å². The lowest BCUT2D eigenvalue weighted by Gasteiger charge is -2.26. The average molecular weight is 386 g/mol. The number of aldehydes is 1. The van der Waals surface area contributed by atoms with Crippen LogP contribution in [0.15, 0.2) is 36.9 Å². The molecule has 110 valence electrons. The molecule has 1 unspecified atom stereocenters. The van der Waals surface area contributed by atoms with Crippen LogP contribution >= 0.6 is 22.6 Å². The number of hydrogen-bond acceptors (Lipinski definition) is 2. The van der Waals surface area contributed by atoms with Crippen LogP contribution < -0.4 is 0 Å². The van der Waals surface area contributed by atoms with Crippen LogP contribution in [0.1, 0.15) is 39.2 Å². The van der Waals surface area contributed by atoms with Crippen molar-refractivity contribution in [1.29, 1.82) is 0 Å². The van der Waals surface area contributed by atoms with Gasteiger partial charge in [0.25, 0.3) is 0 Å². The molecule has 1 atom stereocenters. The zero-order chi connectivity index (χ0) is 15.2. The standard InChI is InChI=1S/C17H23IO2/c1-5-16(2,3)20-11-7-10-17(4,13-19)14-8-6-9-15(18)12-14/h5-6,8-9,12-13H,1,7,10-11H2,2-4H3. The highest BCUT2D eigenvalue weighted by Gasteiger charge is 2.26. The SMILES string of the molecule is C=CC(C)(C)OCCCC(C)(C=O)c1cccc(I)c1. The van der Waals surface area contributed by atoms with E-state index in [1.807, 2.05) is 39.0 Å². The minimum absolute atomic E-state index is 0.306. The summed E-state index contributed by atoms with van der Waals surface area (Å²) in [7, 11) is 0. The first-order valence-corrected chi connectivity index (χ1v) is 7.91. The number of carbonyl (C=O) groups is 1. The third-order valence-electron chi connectivity index (χ3n) is 3.55. The van der Waals surface area contributed by atoms with Gasteiger partial charge in [0.05, 0.1) is 5.60 Å². The van der Waals surface area contributed by atoms with E-state index < -0.39 is 5.41 Å².